The van der Waals surface area contributed by atoms with Crippen LogP contribution in [0.5, 0.6) is 0 Å². The molecule has 3 aromatic rings. The van der Waals surface area contributed by atoms with E-state index in [9.17, 15) is 5.11 Å². The Bertz CT molecular complexity index is 736. The average Bonchev–Trinajstić information content (AvgIpc) is 3.05. The molecule has 1 atom stereocenters. The summed E-state index contributed by atoms with van der Waals surface area (Å²) < 4.78 is 0. The van der Waals surface area contributed by atoms with Gasteiger partial charge in [-0.25, -0.2) is 0 Å². The fourth-order valence-electron chi connectivity index (χ4n) is 2.55. The van der Waals surface area contributed by atoms with Crippen LogP contribution in [0.15, 0.2) is 66.7 Å². The SMILES string of the molecule is CC(O)(CNCc1cc(-c2ccccc2)n[nH]1)c1ccccc1. The molecule has 0 aliphatic heterocycles. The molecular formula is C19H21N3O. The molecule has 0 aliphatic rings. The Morgan fingerprint density at radius 3 is 2.39 bits per heavy atom. The molecule has 0 radical (unpaired) electrons. The summed E-state index contributed by atoms with van der Waals surface area (Å²) in [5.41, 5.74) is 3.02. The number of benzene rings is 2. The first-order valence-corrected chi connectivity index (χ1v) is 7.73. The first-order chi connectivity index (χ1) is 11.1. The van der Waals surface area contributed by atoms with Crippen LogP contribution in [0.4, 0.5) is 0 Å². The van der Waals surface area contributed by atoms with E-state index in [1.54, 1.807) is 0 Å². The second-order valence-corrected chi connectivity index (χ2v) is 5.89. The number of aromatic nitrogens is 2. The Morgan fingerprint density at radius 1 is 1.04 bits per heavy atom. The molecule has 3 N–H and O–H groups in total. The molecule has 0 spiro atoms. The van der Waals surface area contributed by atoms with Gasteiger partial charge in [0, 0.05) is 24.3 Å². The number of aliphatic hydroxyl groups is 1. The van der Waals surface area contributed by atoms with E-state index >= 15 is 0 Å². The summed E-state index contributed by atoms with van der Waals surface area (Å²) in [4.78, 5) is 0. The van der Waals surface area contributed by atoms with E-state index in [-0.39, 0.29) is 0 Å². The molecule has 0 saturated heterocycles. The molecule has 0 aliphatic carbocycles. The van der Waals surface area contributed by atoms with E-state index in [2.05, 4.69) is 15.5 Å². The average molecular weight is 307 g/mol. The summed E-state index contributed by atoms with van der Waals surface area (Å²) in [5, 5.41) is 21.2. The van der Waals surface area contributed by atoms with Crippen LogP contribution in [-0.4, -0.2) is 21.8 Å². The normalized spacial score (nSPS) is 13.7. The Morgan fingerprint density at radius 2 is 1.70 bits per heavy atom. The van der Waals surface area contributed by atoms with Gasteiger partial charge in [0.2, 0.25) is 0 Å². The standard InChI is InChI=1S/C19H21N3O/c1-19(23,16-10-6-3-7-11-16)14-20-13-17-12-18(22-21-17)15-8-4-2-5-9-15/h2-12,20,23H,13-14H2,1H3,(H,21,22). The Hall–Kier alpha value is -2.43. The Labute approximate surface area is 136 Å². The third-order valence-electron chi connectivity index (χ3n) is 3.88. The molecule has 0 amide bonds. The summed E-state index contributed by atoms with van der Waals surface area (Å²) in [7, 11) is 0. The van der Waals surface area contributed by atoms with Gasteiger partial charge in [-0.3, -0.25) is 5.10 Å². The molecule has 0 bridgehead atoms. The third kappa shape index (κ3) is 3.86. The zero-order valence-electron chi connectivity index (χ0n) is 13.2. The molecule has 4 nitrogen and oxygen atoms in total. The highest BCUT2D eigenvalue weighted by atomic mass is 16.3. The van der Waals surface area contributed by atoms with Crippen molar-refractivity contribution in [1.29, 1.82) is 0 Å². The fourth-order valence-corrected chi connectivity index (χ4v) is 2.55. The maximum absolute atomic E-state index is 10.6. The minimum Gasteiger partial charge on any atom is -0.384 e. The number of hydrogen-bond donors (Lipinski definition) is 3. The van der Waals surface area contributed by atoms with E-state index in [0.717, 1.165) is 22.5 Å². The van der Waals surface area contributed by atoms with Crippen LogP contribution >= 0.6 is 0 Å². The number of nitrogens with one attached hydrogen (secondary N) is 2. The number of nitrogens with zero attached hydrogens (tertiary/aromatic N) is 1. The number of aromatic amines is 1. The number of rotatable bonds is 6. The van der Waals surface area contributed by atoms with Gasteiger partial charge in [0.25, 0.3) is 0 Å². The minimum absolute atomic E-state index is 0.469. The van der Waals surface area contributed by atoms with Gasteiger partial charge in [-0.1, -0.05) is 60.7 Å². The first-order valence-electron chi connectivity index (χ1n) is 7.73. The quantitative estimate of drug-likeness (QED) is 0.656. The zero-order valence-corrected chi connectivity index (χ0v) is 13.2. The van der Waals surface area contributed by atoms with E-state index in [1.165, 1.54) is 0 Å². The van der Waals surface area contributed by atoms with Gasteiger partial charge in [-0.2, -0.15) is 5.10 Å². The van der Waals surface area contributed by atoms with Crippen LogP contribution in [0.3, 0.4) is 0 Å². The smallest absolute Gasteiger partial charge is 0.0992 e. The van der Waals surface area contributed by atoms with Crippen molar-refractivity contribution in [1.82, 2.24) is 15.5 Å². The molecule has 2 aromatic carbocycles. The molecule has 0 saturated carbocycles. The van der Waals surface area contributed by atoms with Crippen molar-refractivity contribution < 1.29 is 5.11 Å². The van der Waals surface area contributed by atoms with Gasteiger partial charge in [0.15, 0.2) is 0 Å². The lowest BCUT2D eigenvalue weighted by Gasteiger charge is -2.24. The highest BCUT2D eigenvalue weighted by molar-refractivity contribution is 5.58. The van der Waals surface area contributed by atoms with E-state index in [1.807, 2.05) is 73.7 Å². The topological polar surface area (TPSA) is 60.9 Å². The summed E-state index contributed by atoms with van der Waals surface area (Å²) in [5.74, 6) is 0. The van der Waals surface area contributed by atoms with E-state index < -0.39 is 5.60 Å². The zero-order chi connectivity index (χ0) is 16.1. The number of H-pyrrole nitrogens is 1. The summed E-state index contributed by atoms with van der Waals surface area (Å²) in [6.07, 6.45) is 0. The lowest BCUT2D eigenvalue weighted by Crippen LogP contribution is -2.35. The predicted octanol–water partition coefficient (Wildman–Crippen LogP) is 3.07. The van der Waals surface area contributed by atoms with Crippen molar-refractivity contribution >= 4 is 0 Å². The van der Waals surface area contributed by atoms with Crippen LogP contribution in [0.2, 0.25) is 0 Å². The molecule has 4 heteroatoms. The summed E-state index contributed by atoms with van der Waals surface area (Å²) in [6.45, 7) is 2.91. The van der Waals surface area contributed by atoms with Crippen molar-refractivity contribution in [2.24, 2.45) is 0 Å². The molecule has 0 fully saturated rings. The van der Waals surface area contributed by atoms with Crippen LogP contribution in [-0.2, 0) is 12.1 Å². The van der Waals surface area contributed by atoms with Crippen molar-refractivity contribution in [3.63, 3.8) is 0 Å². The maximum Gasteiger partial charge on any atom is 0.0992 e. The Balaban J connectivity index is 1.58. The van der Waals surface area contributed by atoms with Gasteiger partial charge < -0.3 is 10.4 Å². The predicted molar refractivity (Wildman–Crippen MR) is 91.7 cm³/mol. The van der Waals surface area contributed by atoms with E-state index in [0.29, 0.717) is 13.1 Å². The van der Waals surface area contributed by atoms with Crippen molar-refractivity contribution in [3.8, 4) is 11.3 Å². The van der Waals surface area contributed by atoms with Crippen LogP contribution in [0, 0.1) is 0 Å². The second-order valence-electron chi connectivity index (χ2n) is 5.89. The molecule has 1 unspecified atom stereocenters. The fraction of sp³-hybridized carbons (Fsp3) is 0.211. The summed E-state index contributed by atoms with van der Waals surface area (Å²) >= 11 is 0. The highest BCUT2D eigenvalue weighted by Crippen LogP contribution is 2.20. The molecule has 23 heavy (non-hydrogen) atoms. The van der Waals surface area contributed by atoms with Gasteiger partial charge in [-0.05, 0) is 18.6 Å². The maximum atomic E-state index is 10.6. The monoisotopic (exact) mass is 307 g/mol. The number of hydrogen-bond acceptors (Lipinski definition) is 3. The third-order valence-corrected chi connectivity index (χ3v) is 3.88. The van der Waals surface area contributed by atoms with Gasteiger partial charge in [-0.15, -0.1) is 0 Å². The van der Waals surface area contributed by atoms with Gasteiger partial charge in [0.1, 0.15) is 0 Å². The van der Waals surface area contributed by atoms with E-state index in [4.69, 9.17) is 0 Å². The van der Waals surface area contributed by atoms with Crippen LogP contribution < -0.4 is 5.32 Å². The molecule has 3 rings (SSSR count). The Kier molecular flexibility index (Phi) is 4.55. The molecule has 1 heterocycles. The highest BCUT2D eigenvalue weighted by Gasteiger charge is 2.22. The first kappa shape index (κ1) is 15.5. The van der Waals surface area contributed by atoms with Gasteiger partial charge in [0.05, 0.1) is 11.3 Å². The minimum atomic E-state index is -0.899. The van der Waals surface area contributed by atoms with Crippen molar-refractivity contribution in [2.75, 3.05) is 6.54 Å². The lowest BCUT2D eigenvalue weighted by atomic mass is 9.96. The molecule has 118 valence electrons. The largest absolute Gasteiger partial charge is 0.384 e. The van der Waals surface area contributed by atoms with Gasteiger partial charge >= 0.3 is 0 Å². The molecular weight excluding hydrogens is 286 g/mol. The summed E-state index contributed by atoms with van der Waals surface area (Å²) in [6, 6.07) is 21.8. The van der Waals surface area contributed by atoms with Crippen LogP contribution in [0.1, 0.15) is 18.2 Å². The van der Waals surface area contributed by atoms with Crippen LogP contribution in [0.25, 0.3) is 11.3 Å². The lowest BCUT2D eigenvalue weighted by molar-refractivity contribution is 0.0566. The molecule has 1 aromatic heterocycles. The van der Waals surface area contributed by atoms with Crippen molar-refractivity contribution in [2.45, 2.75) is 19.1 Å². The second kappa shape index (κ2) is 6.77. The van der Waals surface area contributed by atoms with Crippen molar-refractivity contribution in [3.05, 3.63) is 78.0 Å².